The molecular weight excluding hydrogens is 246 g/mol. The Morgan fingerprint density at radius 2 is 1.90 bits per heavy atom. The van der Waals surface area contributed by atoms with Gasteiger partial charge in [0.2, 0.25) is 0 Å². The molecular formula is C18H21NO. The minimum absolute atomic E-state index is 0.175. The summed E-state index contributed by atoms with van der Waals surface area (Å²) in [4.78, 5) is 0. The maximum absolute atomic E-state index is 6.74. The summed E-state index contributed by atoms with van der Waals surface area (Å²) in [5.41, 5.74) is 7.93. The smallest absolute Gasteiger partial charge is 0.0786 e. The summed E-state index contributed by atoms with van der Waals surface area (Å²) < 4.78 is 5.95. The molecule has 1 saturated heterocycles. The van der Waals surface area contributed by atoms with E-state index in [1.165, 1.54) is 29.2 Å². The van der Waals surface area contributed by atoms with E-state index in [2.05, 4.69) is 42.5 Å². The summed E-state index contributed by atoms with van der Waals surface area (Å²) in [5, 5.41) is 2.64. The Hall–Kier alpha value is -1.38. The van der Waals surface area contributed by atoms with E-state index in [1.54, 1.807) is 0 Å². The molecule has 20 heavy (non-hydrogen) atoms. The van der Waals surface area contributed by atoms with Crippen LogP contribution in [0.25, 0.3) is 10.8 Å². The van der Waals surface area contributed by atoms with Crippen molar-refractivity contribution in [2.24, 2.45) is 11.7 Å². The highest BCUT2D eigenvalue weighted by Gasteiger charge is 2.48. The molecule has 2 aromatic rings. The monoisotopic (exact) mass is 267 g/mol. The topological polar surface area (TPSA) is 35.2 Å². The van der Waals surface area contributed by atoms with Crippen LogP contribution >= 0.6 is 0 Å². The summed E-state index contributed by atoms with van der Waals surface area (Å²) in [5.74, 6) is 0.706. The van der Waals surface area contributed by atoms with Crippen molar-refractivity contribution >= 4 is 10.8 Å². The summed E-state index contributed by atoms with van der Waals surface area (Å²) in [6.45, 7) is 0.822. The number of ether oxygens (including phenoxy) is 1. The Bertz CT molecular complexity index is 629. The lowest BCUT2D eigenvalue weighted by molar-refractivity contribution is 0.0627. The fourth-order valence-corrected chi connectivity index (χ4v) is 3.68. The maximum atomic E-state index is 6.74. The first-order chi connectivity index (χ1) is 9.76. The van der Waals surface area contributed by atoms with Gasteiger partial charge >= 0.3 is 0 Å². The lowest BCUT2D eigenvalue weighted by Crippen LogP contribution is -2.50. The van der Waals surface area contributed by atoms with Crippen LogP contribution in [0.15, 0.2) is 42.5 Å². The zero-order valence-corrected chi connectivity index (χ0v) is 11.7. The van der Waals surface area contributed by atoms with Gasteiger partial charge in [0.15, 0.2) is 0 Å². The van der Waals surface area contributed by atoms with Crippen LogP contribution < -0.4 is 5.73 Å². The third-order valence-electron chi connectivity index (χ3n) is 4.88. The maximum Gasteiger partial charge on any atom is 0.0786 e. The molecule has 2 fully saturated rings. The molecule has 1 saturated carbocycles. The fraction of sp³-hybridized carbons (Fsp3) is 0.444. The van der Waals surface area contributed by atoms with Gasteiger partial charge < -0.3 is 10.5 Å². The van der Waals surface area contributed by atoms with E-state index in [-0.39, 0.29) is 11.6 Å². The van der Waals surface area contributed by atoms with Gasteiger partial charge in [-0.05, 0) is 47.9 Å². The zero-order chi connectivity index (χ0) is 13.6. The normalized spacial score (nSPS) is 29.9. The molecule has 0 aromatic heterocycles. The molecule has 2 N–H and O–H groups in total. The molecule has 2 aliphatic rings. The Kier molecular flexibility index (Phi) is 2.83. The van der Waals surface area contributed by atoms with Gasteiger partial charge in [0, 0.05) is 12.1 Å². The van der Waals surface area contributed by atoms with Gasteiger partial charge in [0.1, 0.15) is 0 Å². The summed E-state index contributed by atoms with van der Waals surface area (Å²) in [6.07, 6.45) is 4.76. The highest BCUT2D eigenvalue weighted by molar-refractivity contribution is 5.85. The number of fused-ring (bicyclic) bond motifs is 1. The first kappa shape index (κ1) is 12.4. The molecule has 0 bridgehead atoms. The Balaban J connectivity index is 1.70. The lowest BCUT2D eigenvalue weighted by Gasteiger charge is -2.30. The first-order valence-corrected chi connectivity index (χ1v) is 7.63. The SMILES string of the molecule is NC1(Cc2cccc3ccccc23)CCOC1C1CC1. The summed E-state index contributed by atoms with van der Waals surface area (Å²) in [6, 6.07) is 15.1. The van der Waals surface area contributed by atoms with Crippen LogP contribution in [0.4, 0.5) is 0 Å². The van der Waals surface area contributed by atoms with Crippen molar-refractivity contribution < 1.29 is 4.74 Å². The molecule has 2 aromatic carbocycles. The second kappa shape index (κ2) is 4.57. The van der Waals surface area contributed by atoms with E-state index in [9.17, 15) is 0 Å². The summed E-state index contributed by atoms with van der Waals surface area (Å²) in [7, 11) is 0. The van der Waals surface area contributed by atoms with Crippen LogP contribution in [-0.4, -0.2) is 18.2 Å². The predicted molar refractivity (Wildman–Crippen MR) is 81.7 cm³/mol. The molecule has 0 amide bonds. The Morgan fingerprint density at radius 3 is 2.75 bits per heavy atom. The van der Waals surface area contributed by atoms with Crippen molar-refractivity contribution in [2.45, 2.75) is 37.3 Å². The zero-order valence-electron chi connectivity index (χ0n) is 11.7. The average molecular weight is 267 g/mol. The van der Waals surface area contributed by atoms with E-state index in [1.807, 2.05) is 0 Å². The minimum atomic E-state index is -0.175. The molecule has 1 aliphatic carbocycles. The number of hydrogen-bond donors (Lipinski definition) is 1. The van der Waals surface area contributed by atoms with Gasteiger partial charge in [-0.25, -0.2) is 0 Å². The minimum Gasteiger partial charge on any atom is -0.376 e. The van der Waals surface area contributed by atoms with E-state index in [0.29, 0.717) is 5.92 Å². The molecule has 2 heteroatoms. The van der Waals surface area contributed by atoms with Crippen LogP contribution in [0.5, 0.6) is 0 Å². The van der Waals surface area contributed by atoms with Crippen molar-refractivity contribution in [3.8, 4) is 0 Å². The Morgan fingerprint density at radius 1 is 1.10 bits per heavy atom. The molecule has 1 aliphatic heterocycles. The molecule has 4 rings (SSSR count). The van der Waals surface area contributed by atoms with Crippen molar-refractivity contribution in [2.75, 3.05) is 6.61 Å². The molecule has 2 atom stereocenters. The van der Waals surface area contributed by atoms with Gasteiger partial charge in [-0.2, -0.15) is 0 Å². The van der Waals surface area contributed by atoms with Crippen LogP contribution in [0.1, 0.15) is 24.8 Å². The molecule has 2 nitrogen and oxygen atoms in total. The molecule has 1 heterocycles. The van der Waals surface area contributed by atoms with Gasteiger partial charge in [-0.15, -0.1) is 0 Å². The van der Waals surface area contributed by atoms with Crippen LogP contribution in [0.2, 0.25) is 0 Å². The number of benzene rings is 2. The quantitative estimate of drug-likeness (QED) is 0.926. The first-order valence-electron chi connectivity index (χ1n) is 7.63. The second-order valence-electron chi connectivity index (χ2n) is 6.43. The van der Waals surface area contributed by atoms with Crippen LogP contribution in [0.3, 0.4) is 0 Å². The van der Waals surface area contributed by atoms with Crippen LogP contribution in [0, 0.1) is 5.92 Å². The molecule has 2 unspecified atom stereocenters. The molecule has 0 spiro atoms. The highest BCUT2D eigenvalue weighted by atomic mass is 16.5. The third kappa shape index (κ3) is 2.04. The van der Waals surface area contributed by atoms with Crippen LogP contribution in [-0.2, 0) is 11.2 Å². The third-order valence-corrected chi connectivity index (χ3v) is 4.88. The number of nitrogens with two attached hydrogens (primary N) is 1. The average Bonchev–Trinajstić information content (AvgIpc) is 3.23. The van der Waals surface area contributed by atoms with Crippen molar-refractivity contribution in [1.29, 1.82) is 0 Å². The summed E-state index contributed by atoms with van der Waals surface area (Å²) >= 11 is 0. The van der Waals surface area contributed by atoms with E-state index >= 15 is 0 Å². The van der Waals surface area contributed by atoms with E-state index < -0.39 is 0 Å². The number of hydrogen-bond acceptors (Lipinski definition) is 2. The van der Waals surface area contributed by atoms with Crippen molar-refractivity contribution in [1.82, 2.24) is 0 Å². The van der Waals surface area contributed by atoms with Crippen molar-refractivity contribution in [3.05, 3.63) is 48.0 Å². The largest absolute Gasteiger partial charge is 0.376 e. The number of rotatable bonds is 3. The standard InChI is InChI=1S/C18H21NO/c19-18(10-11-20-17(18)14-8-9-14)12-15-6-3-5-13-4-1-2-7-16(13)15/h1-7,14,17H,8-12,19H2. The van der Waals surface area contributed by atoms with E-state index in [4.69, 9.17) is 10.5 Å². The van der Waals surface area contributed by atoms with Gasteiger partial charge in [-0.1, -0.05) is 42.5 Å². The lowest BCUT2D eigenvalue weighted by atomic mass is 9.82. The molecule has 0 radical (unpaired) electrons. The van der Waals surface area contributed by atoms with Gasteiger partial charge in [-0.3, -0.25) is 0 Å². The van der Waals surface area contributed by atoms with Gasteiger partial charge in [0.25, 0.3) is 0 Å². The highest BCUT2D eigenvalue weighted by Crippen LogP contribution is 2.43. The molecule has 104 valence electrons. The Labute approximate surface area is 119 Å². The van der Waals surface area contributed by atoms with Gasteiger partial charge in [0.05, 0.1) is 6.10 Å². The second-order valence-corrected chi connectivity index (χ2v) is 6.43. The van der Waals surface area contributed by atoms with Crippen molar-refractivity contribution in [3.63, 3.8) is 0 Å². The predicted octanol–water partition coefficient (Wildman–Crippen LogP) is 3.28. The fourth-order valence-electron chi connectivity index (χ4n) is 3.68. The van der Waals surface area contributed by atoms with E-state index in [0.717, 1.165) is 19.4 Å².